The Labute approximate surface area is 171 Å². The van der Waals surface area contributed by atoms with Gasteiger partial charge in [-0.15, -0.1) is 23.5 Å². The summed E-state index contributed by atoms with van der Waals surface area (Å²) in [6.07, 6.45) is 16.4. The van der Waals surface area contributed by atoms with Gasteiger partial charge in [0, 0.05) is 0 Å². The second-order valence-electron chi connectivity index (χ2n) is 7.20. The number of thioether (sulfide) groups is 2. The van der Waals surface area contributed by atoms with E-state index < -0.39 is 0 Å². The summed E-state index contributed by atoms with van der Waals surface area (Å²) in [5.74, 6) is 2.87. The molecular weight excluding hydrogens is 356 g/mol. The highest BCUT2D eigenvalue weighted by atomic mass is 32.2. The number of aromatic hydroxyl groups is 1. The SMILES string of the molecule is CCCCCCCCSC(SCCCCCCCC)c1ccc(O)cc1. The first-order valence-electron chi connectivity index (χ1n) is 10.8. The second kappa shape index (κ2) is 16.9. The smallest absolute Gasteiger partial charge is 0.115 e. The van der Waals surface area contributed by atoms with Gasteiger partial charge in [0.1, 0.15) is 5.75 Å². The van der Waals surface area contributed by atoms with Crippen LogP contribution in [0.1, 0.15) is 101 Å². The first-order valence-corrected chi connectivity index (χ1v) is 12.9. The molecule has 0 saturated heterocycles. The van der Waals surface area contributed by atoms with Crippen LogP contribution in [0.15, 0.2) is 24.3 Å². The molecule has 0 bridgehead atoms. The van der Waals surface area contributed by atoms with Gasteiger partial charge in [-0.2, -0.15) is 0 Å². The van der Waals surface area contributed by atoms with Crippen LogP contribution in [-0.4, -0.2) is 16.6 Å². The van der Waals surface area contributed by atoms with Crippen molar-refractivity contribution in [3.63, 3.8) is 0 Å². The molecule has 0 amide bonds. The fourth-order valence-electron chi connectivity index (χ4n) is 3.02. The molecule has 0 fully saturated rings. The predicted molar refractivity (Wildman–Crippen MR) is 123 cm³/mol. The van der Waals surface area contributed by atoms with Crippen LogP contribution in [0.25, 0.3) is 0 Å². The fraction of sp³-hybridized carbons (Fsp3) is 0.739. The van der Waals surface area contributed by atoms with Crippen LogP contribution in [0.4, 0.5) is 0 Å². The maximum Gasteiger partial charge on any atom is 0.115 e. The van der Waals surface area contributed by atoms with Crippen LogP contribution in [-0.2, 0) is 0 Å². The highest BCUT2D eigenvalue weighted by molar-refractivity contribution is 8.16. The normalized spacial score (nSPS) is 11.3. The van der Waals surface area contributed by atoms with Crippen LogP contribution in [0, 0.1) is 0 Å². The standard InChI is InChI=1S/C23H40OS2/c1-3-5-7-9-11-13-19-25-23(21-15-17-22(24)18-16-21)26-20-14-12-10-8-6-4-2/h15-18,23-24H,3-14,19-20H2,1-2H3. The maximum atomic E-state index is 9.56. The number of hydrogen-bond acceptors (Lipinski definition) is 3. The van der Waals surface area contributed by atoms with Crippen molar-refractivity contribution in [3.8, 4) is 5.75 Å². The molecule has 0 atom stereocenters. The molecular formula is C23H40OS2. The number of rotatable bonds is 17. The van der Waals surface area contributed by atoms with Crippen molar-refractivity contribution in [1.82, 2.24) is 0 Å². The van der Waals surface area contributed by atoms with E-state index >= 15 is 0 Å². The quantitative estimate of drug-likeness (QED) is 0.210. The Bertz CT molecular complexity index is 401. The van der Waals surface area contributed by atoms with Crippen molar-refractivity contribution in [2.75, 3.05) is 11.5 Å². The Morgan fingerprint density at radius 3 is 1.54 bits per heavy atom. The zero-order valence-corrected chi connectivity index (χ0v) is 18.7. The van der Waals surface area contributed by atoms with E-state index in [-0.39, 0.29) is 0 Å². The van der Waals surface area contributed by atoms with Crippen molar-refractivity contribution < 1.29 is 5.11 Å². The molecule has 0 aliphatic heterocycles. The van der Waals surface area contributed by atoms with Gasteiger partial charge >= 0.3 is 0 Å². The van der Waals surface area contributed by atoms with Gasteiger partial charge in [-0.3, -0.25) is 0 Å². The highest BCUT2D eigenvalue weighted by Crippen LogP contribution is 2.40. The third-order valence-corrected chi connectivity index (χ3v) is 7.71. The van der Waals surface area contributed by atoms with E-state index in [1.165, 1.54) is 94.1 Å². The molecule has 0 spiro atoms. The van der Waals surface area contributed by atoms with E-state index in [2.05, 4.69) is 49.5 Å². The molecule has 150 valence electrons. The lowest BCUT2D eigenvalue weighted by Gasteiger charge is -2.17. The van der Waals surface area contributed by atoms with E-state index in [0.29, 0.717) is 10.3 Å². The van der Waals surface area contributed by atoms with E-state index in [9.17, 15) is 5.11 Å². The molecule has 1 aromatic carbocycles. The van der Waals surface area contributed by atoms with Crippen molar-refractivity contribution in [3.05, 3.63) is 29.8 Å². The summed E-state index contributed by atoms with van der Waals surface area (Å²) >= 11 is 4.20. The lowest BCUT2D eigenvalue weighted by Crippen LogP contribution is -1.94. The summed E-state index contributed by atoms with van der Waals surface area (Å²) in [5.41, 5.74) is 1.36. The van der Waals surface area contributed by atoms with E-state index in [0.717, 1.165) is 0 Å². The molecule has 1 nitrogen and oxygen atoms in total. The van der Waals surface area contributed by atoms with Gasteiger partial charge in [-0.05, 0) is 42.0 Å². The van der Waals surface area contributed by atoms with Crippen molar-refractivity contribution in [2.45, 2.75) is 95.5 Å². The van der Waals surface area contributed by atoms with E-state index in [1.807, 2.05) is 12.1 Å². The molecule has 1 rings (SSSR count). The Kier molecular flexibility index (Phi) is 15.4. The first-order chi connectivity index (χ1) is 12.8. The molecule has 1 N–H and O–H groups in total. The Balaban J connectivity index is 2.29. The molecule has 0 aromatic heterocycles. The van der Waals surface area contributed by atoms with Crippen molar-refractivity contribution in [2.24, 2.45) is 0 Å². The van der Waals surface area contributed by atoms with Gasteiger partial charge < -0.3 is 5.11 Å². The largest absolute Gasteiger partial charge is 0.508 e. The molecule has 26 heavy (non-hydrogen) atoms. The lowest BCUT2D eigenvalue weighted by atomic mass is 10.1. The Morgan fingerprint density at radius 1 is 0.654 bits per heavy atom. The molecule has 1 aromatic rings. The summed E-state index contributed by atoms with van der Waals surface area (Å²) < 4.78 is 0.516. The average Bonchev–Trinajstić information content (AvgIpc) is 2.65. The molecule has 0 aliphatic rings. The number of hydrogen-bond donors (Lipinski definition) is 1. The monoisotopic (exact) mass is 396 g/mol. The molecule has 0 saturated carbocycles. The number of phenols is 1. The second-order valence-corrected chi connectivity index (χ2v) is 9.92. The van der Waals surface area contributed by atoms with Crippen molar-refractivity contribution in [1.29, 1.82) is 0 Å². The molecule has 0 radical (unpaired) electrons. The zero-order valence-electron chi connectivity index (χ0n) is 17.0. The highest BCUT2D eigenvalue weighted by Gasteiger charge is 2.12. The van der Waals surface area contributed by atoms with Crippen LogP contribution in [0.3, 0.4) is 0 Å². The third-order valence-electron chi connectivity index (χ3n) is 4.70. The van der Waals surface area contributed by atoms with Crippen LogP contribution in [0.2, 0.25) is 0 Å². The van der Waals surface area contributed by atoms with Gasteiger partial charge in [-0.1, -0.05) is 90.2 Å². The number of phenolic OH excluding ortho intramolecular Hbond substituents is 1. The minimum Gasteiger partial charge on any atom is -0.508 e. The van der Waals surface area contributed by atoms with Gasteiger partial charge in [0.2, 0.25) is 0 Å². The summed E-state index contributed by atoms with van der Waals surface area (Å²) in [6, 6.07) is 7.86. The molecule has 0 heterocycles. The van der Waals surface area contributed by atoms with E-state index in [4.69, 9.17) is 0 Å². The summed E-state index contributed by atoms with van der Waals surface area (Å²) in [4.78, 5) is 0. The van der Waals surface area contributed by atoms with Crippen LogP contribution >= 0.6 is 23.5 Å². The zero-order chi connectivity index (χ0) is 18.9. The third kappa shape index (κ3) is 12.2. The number of unbranched alkanes of at least 4 members (excludes halogenated alkanes) is 10. The Hall–Kier alpha value is -0.280. The summed E-state index contributed by atoms with van der Waals surface area (Å²) in [5, 5.41) is 9.56. The predicted octanol–water partition coefficient (Wildman–Crippen LogP) is 8.58. The van der Waals surface area contributed by atoms with Crippen LogP contribution in [0.5, 0.6) is 5.75 Å². The molecule has 0 aliphatic carbocycles. The topological polar surface area (TPSA) is 20.2 Å². The van der Waals surface area contributed by atoms with E-state index in [1.54, 1.807) is 0 Å². The van der Waals surface area contributed by atoms with Gasteiger partial charge in [0.25, 0.3) is 0 Å². The van der Waals surface area contributed by atoms with Crippen LogP contribution < -0.4 is 0 Å². The molecule has 3 heteroatoms. The fourth-order valence-corrected chi connectivity index (χ4v) is 5.85. The maximum absolute atomic E-state index is 9.56. The van der Waals surface area contributed by atoms with Gasteiger partial charge in [0.05, 0.1) is 4.58 Å². The summed E-state index contributed by atoms with van der Waals surface area (Å²) in [6.45, 7) is 4.55. The summed E-state index contributed by atoms with van der Waals surface area (Å²) in [7, 11) is 0. The Morgan fingerprint density at radius 2 is 1.08 bits per heavy atom. The lowest BCUT2D eigenvalue weighted by molar-refractivity contribution is 0.475. The average molecular weight is 397 g/mol. The minimum atomic E-state index is 0.370. The van der Waals surface area contributed by atoms with Crippen molar-refractivity contribution >= 4 is 23.5 Å². The van der Waals surface area contributed by atoms with Gasteiger partial charge in [-0.25, -0.2) is 0 Å². The van der Waals surface area contributed by atoms with Gasteiger partial charge in [0.15, 0.2) is 0 Å². The first kappa shape index (κ1) is 23.8. The molecule has 0 unspecified atom stereocenters. The number of benzene rings is 1. The minimum absolute atomic E-state index is 0.370.